The van der Waals surface area contributed by atoms with Crippen LogP contribution in [0.5, 0.6) is 0 Å². The molecule has 110 valence electrons. The van der Waals surface area contributed by atoms with Gasteiger partial charge in [0.2, 0.25) is 5.91 Å². The Kier molecular flexibility index (Phi) is 7.04. The number of hydrogen-bond acceptors (Lipinski definition) is 3. The number of nitrogens with one attached hydrogen (secondary N) is 3. The first-order chi connectivity index (χ1) is 9.25. The Balaban J connectivity index is 0.00000200. The lowest BCUT2D eigenvalue weighted by Gasteiger charge is -2.23. The largest absolute Gasteiger partial charge is 0.351 e. The summed E-state index contributed by atoms with van der Waals surface area (Å²) in [4.78, 5) is 23.4. The first-order valence-corrected chi connectivity index (χ1v) is 6.59. The van der Waals surface area contributed by atoms with Crippen molar-refractivity contribution < 1.29 is 9.59 Å². The van der Waals surface area contributed by atoms with Crippen LogP contribution in [-0.2, 0) is 4.79 Å². The van der Waals surface area contributed by atoms with Crippen molar-refractivity contribution in [1.82, 2.24) is 16.0 Å². The predicted molar refractivity (Wildman–Crippen MR) is 80.1 cm³/mol. The van der Waals surface area contributed by atoms with Gasteiger partial charge < -0.3 is 16.0 Å². The van der Waals surface area contributed by atoms with Crippen molar-refractivity contribution in [1.29, 1.82) is 0 Å². The summed E-state index contributed by atoms with van der Waals surface area (Å²) in [5.74, 6) is -0.365. The monoisotopic (exact) mass is 297 g/mol. The van der Waals surface area contributed by atoms with Gasteiger partial charge in [-0.2, -0.15) is 0 Å². The normalized spacial score (nSPS) is 17.7. The molecule has 0 bridgehead atoms. The van der Waals surface area contributed by atoms with Gasteiger partial charge in [0.25, 0.3) is 5.91 Å². The first kappa shape index (κ1) is 16.5. The van der Waals surface area contributed by atoms with Crippen LogP contribution in [0.4, 0.5) is 0 Å². The van der Waals surface area contributed by atoms with E-state index in [1.165, 1.54) is 0 Å². The lowest BCUT2D eigenvalue weighted by Crippen LogP contribution is -2.48. The molecule has 0 radical (unpaired) electrons. The molecule has 20 heavy (non-hydrogen) atoms. The zero-order chi connectivity index (χ0) is 13.5. The maximum atomic E-state index is 11.7. The quantitative estimate of drug-likeness (QED) is 0.766. The molecule has 0 saturated carbocycles. The van der Waals surface area contributed by atoms with Crippen LogP contribution in [0.3, 0.4) is 0 Å². The summed E-state index contributed by atoms with van der Waals surface area (Å²) in [5.41, 5.74) is 0.564. The van der Waals surface area contributed by atoms with Crippen molar-refractivity contribution in [2.75, 3.05) is 19.6 Å². The SMILES string of the molecule is Cl.O=C(CNC(=O)c1ccccc1)N[C@H]1CCCNC1. The number of hydrogen-bond donors (Lipinski definition) is 3. The fraction of sp³-hybridized carbons (Fsp3) is 0.429. The number of carbonyl (C=O) groups is 2. The van der Waals surface area contributed by atoms with Crippen LogP contribution in [0.1, 0.15) is 23.2 Å². The van der Waals surface area contributed by atoms with Crippen LogP contribution in [0.25, 0.3) is 0 Å². The van der Waals surface area contributed by atoms with Crippen molar-refractivity contribution >= 4 is 24.2 Å². The molecule has 2 amide bonds. The molecule has 6 heteroatoms. The number of halogens is 1. The summed E-state index contributed by atoms with van der Waals surface area (Å²) in [6.45, 7) is 1.83. The Morgan fingerprint density at radius 2 is 2.00 bits per heavy atom. The number of carbonyl (C=O) groups excluding carboxylic acids is 2. The Morgan fingerprint density at radius 3 is 2.65 bits per heavy atom. The Bertz CT molecular complexity index is 433. The molecule has 1 aromatic carbocycles. The molecular weight excluding hydrogens is 278 g/mol. The van der Waals surface area contributed by atoms with Crippen LogP contribution < -0.4 is 16.0 Å². The fourth-order valence-electron chi connectivity index (χ4n) is 2.11. The second-order valence-electron chi connectivity index (χ2n) is 4.66. The van der Waals surface area contributed by atoms with E-state index in [0.717, 1.165) is 25.9 Å². The van der Waals surface area contributed by atoms with E-state index in [1.807, 2.05) is 6.07 Å². The highest BCUT2D eigenvalue weighted by molar-refractivity contribution is 5.96. The molecule has 3 N–H and O–H groups in total. The van der Waals surface area contributed by atoms with E-state index in [-0.39, 0.29) is 36.8 Å². The predicted octanol–water partition coefficient (Wildman–Crippen LogP) is 0.706. The highest BCUT2D eigenvalue weighted by Crippen LogP contribution is 2.01. The van der Waals surface area contributed by atoms with Crippen LogP contribution in [-0.4, -0.2) is 37.5 Å². The van der Waals surface area contributed by atoms with E-state index >= 15 is 0 Å². The van der Waals surface area contributed by atoms with Gasteiger partial charge in [-0.25, -0.2) is 0 Å². The third-order valence-electron chi connectivity index (χ3n) is 3.11. The lowest BCUT2D eigenvalue weighted by molar-refractivity contribution is -0.120. The Morgan fingerprint density at radius 1 is 1.25 bits per heavy atom. The van der Waals surface area contributed by atoms with Gasteiger partial charge in [-0.15, -0.1) is 12.4 Å². The molecule has 0 aliphatic carbocycles. The second kappa shape index (κ2) is 8.55. The highest BCUT2D eigenvalue weighted by Gasteiger charge is 2.15. The number of benzene rings is 1. The van der Waals surface area contributed by atoms with E-state index in [1.54, 1.807) is 24.3 Å². The molecule has 5 nitrogen and oxygen atoms in total. The van der Waals surface area contributed by atoms with Crippen LogP contribution in [0.15, 0.2) is 30.3 Å². The highest BCUT2D eigenvalue weighted by atomic mass is 35.5. The smallest absolute Gasteiger partial charge is 0.251 e. The fourth-order valence-corrected chi connectivity index (χ4v) is 2.11. The maximum Gasteiger partial charge on any atom is 0.251 e. The molecule has 1 atom stereocenters. The third kappa shape index (κ3) is 5.19. The van der Waals surface area contributed by atoms with Crippen LogP contribution in [0, 0.1) is 0 Å². The number of rotatable bonds is 4. The molecule has 2 rings (SSSR count). The van der Waals surface area contributed by atoms with Gasteiger partial charge in [0.1, 0.15) is 0 Å². The maximum absolute atomic E-state index is 11.7. The topological polar surface area (TPSA) is 70.2 Å². The first-order valence-electron chi connectivity index (χ1n) is 6.59. The lowest BCUT2D eigenvalue weighted by atomic mass is 10.1. The Labute approximate surface area is 124 Å². The zero-order valence-electron chi connectivity index (χ0n) is 11.2. The van der Waals surface area contributed by atoms with Crippen molar-refractivity contribution in [2.24, 2.45) is 0 Å². The summed E-state index contributed by atoms with van der Waals surface area (Å²) in [6.07, 6.45) is 2.06. The molecule has 1 aliphatic heterocycles. The molecule has 1 aromatic rings. The molecule has 0 unspecified atom stereocenters. The molecular formula is C14H20ClN3O2. The van der Waals surface area contributed by atoms with Gasteiger partial charge >= 0.3 is 0 Å². The van der Waals surface area contributed by atoms with Crippen molar-refractivity contribution in [3.05, 3.63) is 35.9 Å². The molecule has 1 heterocycles. The minimum Gasteiger partial charge on any atom is -0.351 e. The van der Waals surface area contributed by atoms with E-state index < -0.39 is 0 Å². The number of amides is 2. The van der Waals surface area contributed by atoms with Crippen LogP contribution in [0.2, 0.25) is 0 Å². The van der Waals surface area contributed by atoms with E-state index in [4.69, 9.17) is 0 Å². The third-order valence-corrected chi connectivity index (χ3v) is 3.11. The minimum absolute atomic E-state index is 0. The van der Waals surface area contributed by atoms with Crippen molar-refractivity contribution in [2.45, 2.75) is 18.9 Å². The van der Waals surface area contributed by atoms with E-state index in [2.05, 4.69) is 16.0 Å². The van der Waals surface area contributed by atoms with Gasteiger partial charge in [-0.1, -0.05) is 18.2 Å². The van der Waals surface area contributed by atoms with Crippen molar-refractivity contribution in [3.63, 3.8) is 0 Å². The van der Waals surface area contributed by atoms with Gasteiger partial charge in [0.05, 0.1) is 6.54 Å². The average molecular weight is 298 g/mol. The second-order valence-corrected chi connectivity index (χ2v) is 4.66. The van der Waals surface area contributed by atoms with Gasteiger partial charge in [0, 0.05) is 18.2 Å². The summed E-state index contributed by atoms with van der Waals surface area (Å²) in [6, 6.07) is 9.05. The molecule has 1 aliphatic rings. The molecule has 1 fully saturated rings. The summed E-state index contributed by atoms with van der Waals surface area (Å²) >= 11 is 0. The van der Waals surface area contributed by atoms with Gasteiger partial charge in [-0.3, -0.25) is 9.59 Å². The standard InChI is InChI=1S/C14H19N3O2.ClH/c18-13(17-12-7-4-8-15-9-12)10-16-14(19)11-5-2-1-3-6-11;/h1-3,5-6,12,15H,4,7-10H2,(H,16,19)(H,17,18);1H/t12-;/m0./s1. The van der Waals surface area contributed by atoms with E-state index in [9.17, 15) is 9.59 Å². The average Bonchev–Trinajstić information content (AvgIpc) is 2.47. The zero-order valence-corrected chi connectivity index (χ0v) is 12.0. The molecule has 1 saturated heterocycles. The van der Waals surface area contributed by atoms with Crippen molar-refractivity contribution in [3.8, 4) is 0 Å². The summed E-state index contributed by atoms with van der Waals surface area (Å²) in [5, 5.41) is 8.76. The number of piperidine rings is 1. The van der Waals surface area contributed by atoms with Gasteiger partial charge in [0.15, 0.2) is 0 Å². The minimum atomic E-state index is -0.225. The van der Waals surface area contributed by atoms with Crippen LogP contribution >= 0.6 is 12.4 Å². The van der Waals surface area contributed by atoms with E-state index in [0.29, 0.717) is 5.56 Å². The molecule has 0 aromatic heterocycles. The summed E-state index contributed by atoms with van der Waals surface area (Å²) in [7, 11) is 0. The summed E-state index contributed by atoms with van der Waals surface area (Å²) < 4.78 is 0. The van der Waals surface area contributed by atoms with Gasteiger partial charge in [-0.05, 0) is 31.5 Å². The molecule has 0 spiro atoms. The Hall–Kier alpha value is -1.59.